The van der Waals surface area contributed by atoms with Crippen molar-refractivity contribution in [3.05, 3.63) is 83.6 Å². The van der Waals surface area contributed by atoms with Crippen LogP contribution in [0, 0.1) is 6.92 Å². The summed E-state index contributed by atoms with van der Waals surface area (Å²) in [6.45, 7) is 2.98. The van der Waals surface area contributed by atoms with Crippen molar-refractivity contribution in [3.8, 4) is 11.4 Å². The zero-order valence-corrected chi connectivity index (χ0v) is 14.8. The number of hydrogen-bond acceptors (Lipinski definition) is 4. The molecule has 3 aromatic heterocycles. The summed E-state index contributed by atoms with van der Waals surface area (Å²) in [5.41, 5.74) is 5.14. The number of imidazole rings is 1. The third-order valence-corrected chi connectivity index (χ3v) is 4.89. The lowest BCUT2D eigenvalue weighted by Crippen LogP contribution is -2.25. The van der Waals surface area contributed by atoms with Crippen molar-refractivity contribution in [2.75, 3.05) is 0 Å². The maximum Gasteiger partial charge on any atom is 0.274 e. The van der Waals surface area contributed by atoms with E-state index < -0.39 is 0 Å². The lowest BCUT2D eigenvalue weighted by atomic mass is 10.2. The molecule has 0 unspecified atom stereocenters. The molecular weight excluding hydrogens is 338 g/mol. The van der Waals surface area contributed by atoms with Crippen LogP contribution in [0.25, 0.3) is 17.0 Å². The van der Waals surface area contributed by atoms with E-state index in [1.807, 2.05) is 66.1 Å². The van der Waals surface area contributed by atoms with Crippen molar-refractivity contribution < 1.29 is 4.79 Å². The number of fused-ring (bicyclic) bond motifs is 2. The van der Waals surface area contributed by atoms with Crippen LogP contribution >= 0.6 is 0 Å². The Labute approximate surface area is 156 Å². The Balaban J connectivity index is 1.43. The average Bonchev–Trinajstić information content (AvgIpc) is 3.32. The summed E-state index contributed by atoms with van der Waals surface area (Å²) in [5, 5.41) is 0. The highest BCUT2D eigenvalue weighted by Crippen LogP contribution is 2.25. The molecule has 5 rings (SSSR count). The minimum Gasteiger partial charge on any atom is -0.327 e. The molecule has 1 aliphatic heterocycles. The van der Waals surface area contributed by atoms with Gasteiger partial charge < -0.3 is 9.30 Å². The number of aryl methyl sites for hydroxylation is 1. The second kappa shape index (κ2) is 6.02. The van der Waals surface area contributed by atoms with Crippen LogP contribution < -0.4 is 0 Å². The smallest absolute Gasteiger partial charge is 0.274 e. The van der Waals surface area contributed by atoms with Crippen LogP contribution in [0.5, 0.6) is 0 Å². The van der Waals surface area contributed by atoms with Crippen molar-refractivity contribution in [3.63, 3.8) is 0 Å². The predicted octanol–water partition coefficient (Wildman–Crippen LogP) is 3.26. The van der Waals surface area contributed by atoms with Crippen LogP contribution in [0.15, 0.2) is 60.9 Å². The maximum absolute atomic E-state index is 13.0. The second-order valence-electron chi connectivity index (χ2n) is 6.71. The third kappa shape index (κ3) is 2.66. The van der Waals surface area contributed by atoms with Gasteiger partial charge in [0.05, 0.1) is 12.2 Å². The summed E-state index contributed by atoms with van der Waals surface area (Å²) in [7, 11) is 0. The normalized spacial score (nSPS) is 13.1. The van der Waals surface area contributed by atoms with Gasteiger partial charge in [0.25, 0.3) is 5.91 Å². The molecule has 0 bridgehead atoms. The standard InChI is InChI=1S/C21H17N5O/c1-14-6-5-9-19-23-18(13-26(14)19)21(27)25-11-16-10-22-20(24-17(16)12-25)15-7-3-2-4-8-15/h2-10,13H,11-12H2,1H3. The number of aromatic nitrogens is 4. The highest BCUT2D eigenvalue weighted by atomic mass is 16.2. The lowest BCUT2D eigenvalue weighted by Gasteiger charge is -2.12. The van der Waals surface area contributed by atoms with Gasteiger partial charge in [-0.3, -0.25) is 4.79 Å². The number of rotatable bonds is 2. The zero-order chi connectivity index (χ0) is 18.4. The van der Waals surface area contributed by atoms with Crippen LogP contribution in [0.4, 0.5) is 0 Å². The predicted molar refractivity (Wildman–Crippen MR) is 101 cm³/mol. The summed E-state index contributed by atoms with van der Waals surface area (Å²) in [6, 6.07) is 15.7. The first-order chi connectivity index (χ1) is 13.2. The van der Waals surface area contributed by atoms with Crippen molar-refractivity contribution in [2.45, 2.75) is 20.0 Å². The van der Waals surface area contributed by atoms with Crippen LogP contribution in [0.1, 0.15) is 27.4 Å². The highest BCUT2D eigenvalue weighted by molar-refractivity contribution is 5.93. The summed E-state index contributed by atoms with van der Waals surface area (Å²) in [4.78, 5) is 28.3. The average molecular weight is 355 g/mol. The van der Waals surface area contributed by atoms with E-state index in [4.69, 9.17) is 0 Å². The van der Waals surface area contributed by atoms with Gasteiger partial charge >= 0.3 is 0 Å². The Hall–Kier alpha value is -3.54. The van der Waals surface area contributed by atoms with Gasteiger partial charge in [0.15, 0.2) is 5.82 Å². The van der Waals surface area contributed by atoms with Gasteiger partial charge in [0, 0.05) is 35.8 Å². The first-order valence-corrected chi connectivity index (χ1v) is 8.83. The molecule has 6 heteroatoms. The summed E-state index contributed by atoms with van der Waals surface area (Å²) >= 11 is 0. The molecule has 0 fully saturated rings. The Kier molecular flexibility index (Phi) is 3.50. The van der Waals surface area contributed by atoms with E-state index >= 15 is 0 Å². The molecule has 0 radical (unpaired) electrons. The molecule has 132 valence electrons. The van der Waals surface area contributed by atoms with Gasteiger partial charge in [0.2, 0.25) is 0 Å². The van der Waals surface area contributed by atoms with Gasteiger partial charge in [-0.2, -0.15) is 0 Å². The van der Waals surface area contributed by atoms with E-state index in [9.17, 15) is 4.79 Å². The molecule has 1 aliphatic rings. The molecule has 0 aliphatic carbocycles. The van der Waals surface area contributed by atoms with Gasteiger partial charge in [-0.05, 0) is 19.1 Å². The molecule has 1 amide bonds. The Morgan fingerprint density at radius 1 is 1.00 bits per heavy atom. The van der Waals surface area contributed by atoms with Crippen molar-refractivity contribution >= 4 is 11.6 Å². The van der Waals surface area contributed by atoms with E-state index in [1.165, 1.54) is 0 Å². The van der Waals surface area contributed by atoms with Crippen LogP contribution in [0.3, 0.4) is 0 Å². The van der Waals surface area contributed by atoms with E-state index in [2.05, 4.69) is 15.0 Å². The summed E-state index contributed by atoms with van der Waals surface area (Å²) in [6.07, 6.45) is 3.63. The Morgan fingerprint density at radius 3 is 2.67 bits per heavy atom. The van der Waals surface area contributed by atoms with E-state index in [0.717, 1.165) is 28.2 Å². The van der Waals surface area contributed by atoms with Crippen LogP contribution in [-0.4, -0.2) is 30.2 Å². The number of benzene rings is 1. The Bertz CT molecular complexity index is 1170. The number of carbonyl (C=O) groups excluding carboxylic acids is 1. The molecule has 27 heavy (non-hydrogen) atoms. The van der Waals surface area contributed by atoms with Gasteiger partial charge in [-0.1, -0.05) is 36.4 Å². The zero-order valence-electron chi connectivity index (χ0n) is 14.8. The fourth-order valence-corrected chi connectivity index (χ4v) is 3.44. The van der Waals surface area contributed by atoms with E-state index in [-0.39, 0.29) is 5.91 Å². The summed E-state index contributed by atoms with van der Waals surface area (Å²) < 4.78 is 1.93. The fourth-order valence-electron chi connectivity index (χ4n) is 3.44. The molecule has 1 aromatic carbocycles. The lowest BCUT2D eigenvalue weighted by molar-refractivity contribution is 0.0745. The Morgan fingerprint density at radius 2 is 1.85 bits per heavy atom. The molecule has 0 atom stereocenters. The second-order valence-corrected chi connectivity index (χ2v) is 6.71. The number of nitrogens with zero attached hydrogens (tertiary/aromatic N) is 5. The van der Waals surface area contributed by atoms with Crippen LogP contribution in [-0.2, 0) is 13.1 Å². The van der Waals surface area contributed by atoms with Gasteiger partial charge in [-0.25, -0.2) is 15.0 Å². The molecule has 6 nitrogen and oxygen atoms in total. The largest absolute Gasteiger partial charge is 0.327 e. The van der Waals surface area contributed by atoms with Crippen LogP contribution in [0.2, 0.25) is 0 Å². The number of hydrogen-bond donors (Lipinski definition) is 0. The molecule has 0 spiro atoms. The van der Waals surface area contributed by atoms with E-state index in [1.54, 1.807) is 11.1 Å². The number of carbonyl (C=O) groups is 1. The highest BCUT2D eigenvalue weighted by Gasteiger charge is 2.27. The van der Waals surface area contributed by atoms with E-state index in [0.29, 0.717) is 24.6 Å². The van der Waals surface area contributed by atoms with Crippen molar-refractivity contribution in [1.29, 1.82) is 0 Å². The summed E-state index contributed by atoms with van der Waals surface area (Å²) in [5.74, 6) is 0.601. The minimum atomic E-state index is -0.0858. The first kappa shape index (κ1) is 15.7. The van der Waals surface area contributed by atoms with Gasteiger partial charge in [0.1, 0.15) is 11.3 Å². The molecule has 0 saturated heterocycles. The number of amides is 1. The monoisotopic (exact) mass is 355 g/mol. The minimum absolute atomic E-state index is 0.0858. The molecular formula is C21H17N5O. The SMILES string of the molecule is Cc1cccc2nc(C(=O)N3Cc4cnc(-c5ccccc5)nc4C3)cn12. The van der Waals surface area contributed by atoms with Crippen molar-refractivity contribution in [1.82, 2.24) is 24.3 Å². The topological polar surface area (TPSA) is 63.4 Å². The number of pyridine rings is 1. The molecule has 4 heterocycles. The fraction of sp³-hybridized carbons (Fsp3) is 0.143. The maximum atomic E-state index is 13.0. The molecule has 0 saturated carbocycles. The van der Waals surface area contributed by atoms with Gasteiger partial charge in [-0.15, -0.1) is 0 Å². The first-order valence-electron chi connectivity index (χ1n) is 8.83. The third-order valence-electron chi connectivity index (χ3n) is 4.89. The molecule has 0 N–H and O–H groups in total. The quantitative estimate of drug-likeness (QED) is 0.554. The van der Waals surface area contributed by atoms with Crippen molar-refractivity contribution in [2.24, 2.45) is 0 Å². The molecule has 4 aromatic rings.